The van der Waals surface area contributed by atoms with Gasteiger partial charge in [0.05, 0.1) is 6.04 Å². The summed E-state index contributed by atoms with van der Waals surface area (Å²) in [6.45, 7) is 10.8. The lowest BCUT2D eigenvalue weighted by molar-refractivity contribution is -0.137. The molecule has 0 aromatic heterocycles. The first kappa shape index (κ1) is 14.5. The molecule has 0 bridgehead atoms. The molecule has 4 nitrogen and oxygen atoms in total. The standard InChI is InChI=1S/C13H27N3O/c1-6-10-9-16(8-7-15(10)5)12(17)11(14)13(2,3)4/h10-11H,6-9,14H2,1-5H3. The Morgan fingerprint density at radius 3 is 2.47 bits per heavy atom. The number of likely N-dealkylation sites (N-methyl/N-ethyl adjacent to an activating group) is 1. The summed E-state index contributed by atoms with van der Waals surface area (Å²) in [5.41, 5.74) is 5.88. The van der Waals surface area contributed by atoms with E-state index in [1.807, 2.05) is 25.7 Å². The highest BCUT2D eigenvalue weighted by Gasteiger charge is 2.34. The van der Waals surface area contributed by atoms with E-state index in [0.717, 1.165) is 26.1 Å². The zero-order valence-corrected chi connectivity index (χ0v) is 11.9. The topological polar surface area (TPSA) is 49.6 Å². The summed E-state index contributed by atoms with van der Waals surface area (Å²) in [5.74, 6) is 0.101. The van der Waals surface area contributed by atoms with Crippen LogP contribution in [0.2, 0.25) is 0 Å². The minimum atomic E-state index is -0.400. The Labute approximate surface area is 105 Å². The number of nitrogens with zero attached hydrogens (tertiary/aromatic N) is 2. The van der Waals surface area contributed by atoms with Gasteiger partial charge in [0, 0.05) is 25.7 Å². The molecule has 0 aromatic rings. The molecule has 1 heterocycles. The van der Waals surface area contributed by atoms with Gasteiger partial charge < -0.3 is 10.6 Å². The molecule has 1 amide bonds. The summed E-state index contributed by atoms with van der Waals surface area (Å²) >= 11 is 0. The minimum absolute atomic E-state index is 0.101. The van der Waals surface area contributed by atoms with Crippen molar-refractivity contribution in [3.05, 3.63) is 0 Å². The summed E-state index contributed by atoms with van der Waals surface area (Å²) in [4.78, 5) is 16.6. The number of hydrogen-bond donors (Lipinski definition) is 1. The second kappa shape index (κ2) is 5.36. The SMILES string of the molecule is CCC1CN(C(=O)C(N)C(C)(C)C)CCN1C. The molecule has 0 saturated carbocycles. The van der Waals surface area contributed by atoms with Crippen LogP contribution >= 0.6 is 0 Å². The zero-order chi connectivity index (χ0) is 13.2. The number of piperazine rings is 1. The molecule has 100 valence electrons. The number of nitrogens with two attached hydrogens (primary N) is 1. The van der Waals surface area contributed by atoms with Crippen molar-refractivity contribution in [2.45, 2.75) is 46.2 Å². The third-order valence-corrected chi connectivity index (χ3v) is 3.76. The molecule has 4 heteroatoms. The second-order valence-electron chi connectivity index (χ2n) is 6.17. The molecule has 1 fully saturated rings. The molecule has 17 heavy (non-hydrogen) atoms. The van der Waals surface area contributed by atoms with Crippen LogP contribution in [0, 0.1) is 5.41 Å². The van der Waals surface area contributed by atoms with Crippen LogP contribution in [-0.4, -0.2) is 54.5 Å². The van der Waals surface area contributed by atoms with Gasteiger partial charge in [-0.25, -0.2) is 0 Å². The van der Waals surface area contributed by atoms with Gasteiger partial charge in [-0.2, -0.15) is 0 Å². The van der Waals surface area contributed by atoms with E-state index >= 15 is 0 Å². The molecule has 0 radical (unpaired) electrons. The highest BCUT2D eigenvalue weighted by Crippen LogP contribution is 2.20. The van der Waals surface area contributed by atoms with Gasteiger partial charge in [-0.1, -0.05) is 27.7 Å². The number of amides is 1. The predicted molar refractivity (Wildman–Crippen MR) is 70.7 cm³/mol. The zero-order valence-electron chi connectivity index (χ0n) is 11.9. The monoisotopic (exact) mass is 241 g/mol. The Balaban J connectivity index is 2.65. The highest BCUT2D eigenvalue weighted by molar-refractivity contribution is 5.82. The molecule has 2 unspecified atom stereocenters. The summed E-state index contributed by atoms with van der Waals surface area (Å²) in [6, 6.07) is 0.0725. The van der Waals surface area contributed by atoms with E-state index in [1.54, 1.807) is 0 Å². The molecule has 1 saturated heterocycles. The van der Waals surface area contributed by atoms with E-state index in [-0.39, 0.29) is 11.3 Å². The number of carbonyl (C=O) groups excluding carboxylic acids is 1. The first-order valence-corrected chi connectivity index (χ1v) is 6.52. The van der Waals surface area contributed by atoms with Gasteiger partial charge in [-0.05, 0) is 18.9 Å². The maximum absolute atomic E-state index is 12.3. The van der Waals surface area contributed by atoms with Gasteiger partial charge in [0.2, 0.25) is 5.91 Å². The average molecular weight is 241 g/mol. The Kier molecular flexibility index (Phi) is 4.55. The Morgan fingerprint density at radius 2 is 2.00 bits per heavy atom. The number of carbonyl (C=O) groups is 1. The van der Waals surface area contributed by atoms with Gasteiger partial charge >= 0.3 is 0 Å². The van der Waals surface area contributed by atoms with Crippen molar-refractivity contribution in [2.75, 3.05) is 26.7 Å². The van der Waals surface area contributed by atoms with Crippen LogP contribution in [0.4, 0.5) is 0 Å². The third kappa shape index (κ3) is 3.42. The fourth-order valence-corrected chi connectivity index (χ4v) is 2.15. The average Bonchev–Trinajstić information content (AvgIpc) is 2.26. The van der Waals surface area contributed by atoms with Crippen LogP contribution < -0.4 is 5.73 Å². The molecular formula is C13H27N3O. The van der Waals surface area contributed by atoms with E-state index in [1.165, 1.54) is 0 Å². The number of rotatable bonds is 2. The van der Waals surface area contributed by atoms with Crippen molar-refractivity contribution < 1.29 is 4.79 Å². The summed E-state index contributed by atoms with van der Waals surface area (Å²) in [5, 5.41) is 0. The maximum Gasteiger partial charge on any atom is 0.240 e. The largest absolute Gasteiger partial charge is 0.338 e. The van der Waals surface area contributed by atoms with E-state index in [0.29, 0.717) is 6.04 Å². The molecule has 0 aromatic carbocycles. The van der Waals surface area contributed by atoms with Crippen molar-refractivity contribution in [1.82, 2.24) is 9.80 Å². The Morgan fingerprint density at radius 1 is 1.41 bits per heavy atom. The molecule has 0 aliphatic carbocycles. The Hall–Kier alpha value is -0.610. The molecule has 1 aliphatic heterocycles. The maximum atomic E-state index is 12.3. The second-order valence-corrected chi connectivity index (χ2v) is 6.17. The fraction of sp³-hybridized carbons (Fsp3) is 0.923. The van der Waals surface area contributed by atoms with Gasteiger partial charge in [-0.15, -0.1) is 0 Å². The van der Waals surface area contributed by atoms with E-state index in [9.17, 15) is 4.79 Å². The van der Waals surface area contributed by atoms with Gasteiger partial charge in [-0.3, -0.25) is 9.69 Å². The number of hydrogen-bond acceptors (Lipinski definition) is 3. The van der Waals surface area contributed by atoms with E-state index in [2.05, 4.69) is 18.9 Å². The first-order chi connectivity index (χ1) is 7.77. The first-order valence-electron chi connectivity index (χ1n) is 6.52. The van der Waals surface area contributed by atoms with Crippen LogP contribution in [0.5, 0.6) is 0 Å². The Bertz CT molecular complexity index is 272. The van der Waals surface area contributed by atoms with Crippen LogP contribution in [0.25, 0.3) is 0 Å². The van der Waals surface area contributed by atoms with Crippen molar-refractivity contribution >= 4 is 5.91 Å². The molecule has 2 atom stereocenters. The molecule has 2 N–H and O–H groups in total. The van der Waals surface area contributed by atoms with Crippen molar-refractivity contribution in [2.24, 2.45) is 11.1 Å². The smallest absolute Gasteiger partial charge is 0.240 e. The quantitative estimate of drug-likeness (QED) is 0.782. The lowest BCUT2D eigenvalue weighted by Gasteiger charge is -2.41. The van der Waals surface area contributed by atoms with Crippen LogP contribution in [-0.2, 0) is 4.79 Å². The predicted octanol–water partition coefficient (Wildman–Crippen LogP) is 0.912. The summed E-state index contributed by atoms with van der Waals surface area (Å²) in [6.07, 6.45) is 1.07. The van der Waals surface area contributed by atoms with Gasteiger partial charge in [0.1, 0.15) is 0 Å². The van der Waals surface area contributed by atoms with Crippen LogP contribution in [0.3, 0.4) is 0 Å². The van der Waals surface area contributed by atoms with Crippen molar-refractivity contribution in [3.63, 3.8) is 0 Å². The summed E-state index contributed by atoms with van der Waals surface area (Å²) in [7, 11) is 2.12. The molecule has 1 rings (SSSR count). The third-order valence-electron chi connectivity index (χ3n) is 3.76. The summed E-state index contributed by atoms with van der Waals surface area (Å²) < 4.78 is 0. The van der Waals surface area contributed by atoms with Crippen LogP contribution in [0.15, 0.2) is 0 Å². The van der Waals surface area contributed by atoms with Gasteiger partial charge in [0.25, 0.3) is 0 Å². The van der Waals surface area contributed by atoms with E-state index < -0.39 is 6.04 Å². The van der Waals surface area contributed by atoms with Gasteiger partial charge in [0.15, 0.2) is 0 Å². The molecular weight excluding hydrogens is 214 g/mol. The highest BCUT2D eigenvalue weighted by atomic mass is 16.2. The molecule has 1 aliphatic rings. The van der Waals surface area contributed by atoms with E-state index in [4.69, 9.17) is 5.73 Å². The van der Waals surface area contributed by atoms with Crippen molar-refractivity contribution in [1.29, 1.82) is 0 Å². The van der Waals surface area contributed by atoms with Crippen LogP contribution in [0.1, 0.15) is 34.1 Å². The van der Waals surface area contributed by atoms with Crippen molar-refractivity contribution in [3.8, 4) is 0 Å². The lowest BCUT2D eigenvalue weighted by Crippen LogP contribution is -2.58. The normalized spacial score (nSPS) is 24.8. The lowest BCUT2D eigenvalue weighted by atomic mass is 9.86. The molecule has 0 spiro atoms. The minimum Gasteiger partial charge on any atom is -0.338 e. The fourth-order valence-electron chi connectivity index (χ4n) is 2.15.